The maximum Gasteiger partial charge on any atom is 0.253 e. The summed E-state index contributed by atoms with van der Waals surface area (Å²) in [5.41, 5.74) is 2.18. The highest BCUT2D eigenvalue weighted by Gasteiger charge is 2.26. The molecule has 28 heavy (non-hydrogen) atoms. The molecule has 0 spiro atoms. The van der Waals surface area contributed by atoms with Crippen molar-refractivity contribution in [2.45, 2.75) is 50.9 Å². The Morgan fingerprint density at radius 2 is 1.39 bits per heavy atom. The molecule has 152 valence electrons. The number of benzene rings is 1. The molecule has 1 aliphatic carbocycles. The number of hydrogen-bond acceptors (Lipinski definition) is 3. The van der Waals surface area contributed by atoms with E-state index in [0.29, 0.717) is 25.6 Å². The minimum atomic E-state index is 0.126. The van der Waals surface area contributed by atoms with Crippen LogP contribution in [0, 0.1) is 0 Å². The molecule has 0 atom stereocenters. The summed E-state index contributed by atoms with van der Waals surface area (Å²) in [6, 6.07) is 8.34. The van der Waals surface area contributed by atoms with E-state index in [0.717, 1.165) is 44.6 Å². The molecule has 0 unspecified atom stereocenters. The highest BCUT2D eigenvalue weighted by atomic mass is 16.2. The van der Waals surface area contributed by atoms with E-state index in [4.69, 9.17) is 0 Å². The minimum absolute atomic E-state index is 0.126. The lowest BCUT2D eigenvalue weighted by Crippen LogP contribution is -2.51. The highest BCUT2D eigenvalue weighted by Crippen LogP contribution is 2.32. The van der Waals surface area contributed by atoms with E-state index in [1.807, 2.05) is 21.9 Å². The first-order valence-electron chi connectivity index (χ1n) is 11.1. The van der Waals surface area contributed by atoms with Gasteiger partial charge in [0.2, 0.25) is 5.91 Å². The molecule has 5 heteroatoms. The number of nitrogens with zero attached hydrogens (tertiary/aromatic N) is 3. The fourth-order valence-corrected chi connectivity index (χ4v) is 4.88. The van der Waals surface area contributed by atoms with Gasteiger partial charge >= 0.3 is 0 Å². The van der Waals surface area contributed by atoms with Gasteiger partial charge in [-0.05, 0) is 49.3 Å². The maximum absolute atomic E-state index is 12.9. The topological polar surface area (TPSA) is 43.9 Å². The van der Waals surface area contributed by atoms with Gasteiger partial charge in [0.05, 0.1) is 6.54 Å². The quantitative estimate of drug-likeness (QED) is 0.802. The van der Waals surface area contributed by atoms with Crippen molar-refractivity contribution in [2.75, 3.05) is 45.8 Å². The third kappa shape index (κ3) is 4.57. The van der Waals surface area contributed by atoms with Crippen molar-refractivity contribution in [1.82, 2.24) is 14.7 Å². The van der Waals surface area contributed by atoms with Crippen LogP contribution in [0.4, 0.5) is 0 Å². The summed E-state index contributed by atoms with van der Waals surface area (Å²) in [5.74, 6) is 1.05. The summed E-state index contributed by atoms with van der Waals surface area (Å²) < 4.78 is 0. The lowest BCUT2D eigenvalue weighted by Gasteiger charge is -2.35. The number of likely N-dealkylation sites (tertiary alicyclic amines) is 1. The number of amides is 2. The molecule has 3 aliphatic rings. The van der Waals surface area contributed by atoms with Gasteiger partial charge in [0.1, 0.15) is 0 Å². The molecule has 1 aromatic rings. The van der Waals surface area contributed by atoms with Crippen LogP contribution in [0.3, 0.4) is 0 Å². The van der Waals surface area contributed by atoms with Crippen molar-refractivity contribution in [3.8, 4) is 0 Å². The summed E-state index contributed by atoms with van der Waals surface area (Å²) in [4.78, 5) is 31.3. The number of rotatable bonds is 4. The number of carbonyl (C=O) groups excluding carboxylic acids is 2. The van der Waals surface area contributed by atoms with Gasteiger partial charge in [0, 0.05) is 44.8 Å². The predicted octanol–water partition coefficient (Wildman–Crippen LogP) is 3.11. The summed E-state index contributed by atoms with van der Waals surface area (Å²) in [6.07, 6.45) is 8.85. The zero-order valence-electron chi connectivity index (χ0n) is 16.9. The molecule has 2 aliphatic heterocycles. The van der Waals surface area contributed by atoms with Crippen LogP contribution in [-0.2, 0) is 4.79 Å². The van der Waals surface area contributed by atoms with Crippen molar-refractivity contribution in [1.29, 1.82) is 0 Å². The second-order valence-corrected chi connectivity index (χ2v) is 8.61. The molecule has 4 rings (SSSR count). The number of piperazine rings is 1. The normalized spacial score (nSPS) is 21.9. The van der Waals surface area contributed by atoms with Gasteiger partial charge in [-0.1, -0.05) is 31.4 Å². The van der Waals surface area contributed by atoms with E-state index in [2.05, 4.69) is 17.0 Å². The van der Waals surface area contributed by atoms with Crippen molar-refractivity contribution >= 4 is 11.8 Å². The molecular formula is C23H33N3O2. The third-order valence-corrected chi connectivity index (χ3v) is 6.71. The van der Waals surface area contributed by atoms with Crippen LogP contribution >= 0.6 is 0 Å². The minimum Gasteiger partial charge on any atom is -0.342 e. The molecular weight excluding hydrogens is 350 g/mol. The van der Waals surface area contributed by atoms with Crippen LogP contribution < -0.4 is 0 Å². The summed E-state index contributed by atoms with van der Waals surface area (Å²) >= 11 is 0. The lowest BCUT2D eigenvalue weighted by atomic mass is 9.84. The van der Waals surface area contributed by atoms with E-state index in [9.17, 15) is 9.59 Å². The van der Waals surface area contributed by atoms with Crippen LogP contribution in [0.15, 0.2) is 24.3 Å². The Kier molecular flexibility index (Phi) is 6.30. The summed E-state index contributed by atoms with van der Waals surface area (Å²) in [6.45, 7) is 5.30. The highest BCUT2D eigenvalue weighted by molar-refractivity contribution is 5.94. The van der Waals surface area contributed by atoms with Gasteiger partial charge in [-0.15, -0.1) is 0 Å². The molecule has 3 fully saturated rings. The molecule has 1 aromatic carbocycles. The largest absolute Gasteiger partial charge is 0.342 e. The Morgan fingerprint density at radius 1 is 0.750 bits per heavy atom. The van der Waals surface area contributed by atoms with Gasteiger partial charge in [-0.3, -0.25) is 14.5 Å². The zero-order chi connectivity index (χ0) is 19.3. The van der Waals surface area contributed by atoms with Crippen molar-refractivity contribution < 1.29 is 9.59 Å². The average molecular weight is 384 g/mol. The monoisotopic (exact) mass is 383 g/mol. The first-order chi connectivity index (χ1) is 13.7. The molecule has 0 radical (unpaired) electrons. The Hall–Kier alpha value is -1.88. The van der Waals surface area contributed by atoms with Crippen LogP contribution in [0.5, 0.6) is 0 Å². The standard InChI is InChI=1S/C23H33N3O2/c27-22(25-12-4-5-13-25)18-24-14-16-26(17-15-24)23(28)21-10-8-20(9-11-21)19-6-2-1-3-7-19/h8-11,19H,1-7,12-18H2. The third-order valence-electron chi connectivity index (χ3n) is 6.71. The van der Waals surface area contributed by atoms with Gasteiger partial charge in [-0.25, -0.2) is 0 Å². The second kappa shape index (κ2) is 9.08. The SMILES string of the molecule is O=C(CN1CCN(C(=O)c2ccc(C3CCCCC3)cc2)CC1)N1CCCC1. The smallest absolute Gasteiger partial charge is 0.253 e. The first kappa shape index (κ1) is 19.4. The Balaban J connectivity index is 1.27. The van der Waals surface area contributed by atoms with E-state index < -0.39 is 0 Å². The van der Waals surface area contributed by atoms with E-state index in [1.54, 1.807) is 0 Å². The number of hydrogen-bond donors (Lipinski definition) is 0. The van der Waals surface area contributed by atoms with Gasteiger partial charge < -0.3 is 9.80 Å². The van der Waals surface area contributed by atoms with Crippen LogP contribution in [-0.4, -0.2) is 72.3 Å². The molecule has 2 heterocycles. The Morgan fingerprint density at radius 3 is 2.04 bits per heavy atom. The van der Waals surface area contributed by atoms with E-state index >= 15 is 0 Å². The molecule has 0 N–H and O–H groups in total. The molecule has 0 aromatic heterocycles. The fourth-order valence-electron chi connectivity index (χ4n) is 4.88. The van der Waals surface area contributed by atoms with E-state index in [1.165, 1.54) is 37.7 Å². The van der Waals surface area contributed by atoms with Crippen LogP contribution in [0.1, 0.15) is 66.8 Å². The molecule has 0 bridgehead atoms. The molecule has 1 saturated carbocycles. The van der Waals surface area contributed by atoms with Gasteiger partial charge in [0.15, 0.2) is 0 Å². The van der Waals surface area contributed by atoms with Crippen LogP contribution in [0.25, 0.3) is 0 Å². The maximum atomic E-state index is 12.9. The molecule has 2 amide bonds. The Bertz CT molecular complexity index is 668. The lowest BCUT2D eigenvalue weighted by molar-refractivity contribution is -0.131. The average Bonchev–Trinajstić information content (AvgIpc) is 3.30. The second-order valence-electron chi connectivity index (χ2n) is 8.61. The first-order valence-corrected chi connectivity index (χ1v) is 11.1. The molecule has 5 nitrogen and oxygen atoms in total. The summed E-state index contributed by atoms with van der Waals surface area (Å²) in [5, 5.41) is 0. The Labute approximate surface area is 168 Å². The summed E-state index contributed by atoms with van der Waals surface area (Å²) in [7, 11) is 0. The van der Waals surface area contributed by atoms with Gasteiger partial charge in [0.25, 0.3) is 5.91 Å². The van der Waals surface area contributed by atoms with Crippen molar-refractivity contribution in [3.05, 3.63) is 35.4 Å². The predicted molar refractivity (Wildman–Crippen MR) is 110 cm³/mol. The molecule has 2 saturated heterocycles. The van der Waals surface area contributed by atoms with Crippen molar-refractivity contribution in [3.63, 3.8) is 0 Å². The van der Waals surface area contributed by atoms with Crippen molar-refractivity contribution in [2.24, 2.45) is 0 Å². The van der Waals surface area contributed by atoms with Crippen LogP contribution in [0.2, 0.25) is 0 Å². The van der Waals surface area contributed by atoms with Gasteiger partial charge in [-0.2, -0.15) is 0 Å². The zero-order valence-corrected chi connectivity index (χ0v) is 16.9. The number of carbonyl (C=O) groups is 2. The fraction of sp³-hybridized carbons (Fsp3) is 0.652. The van der Waals surface area contributed by atoms with E-state index in [-0.39, 0.29) is 11.8 Å².